The Bertz CT molecular complexity index is 65.5. The molecule has 0 aromatic rings. The zero-order valence-electron chi connectivity index (χ0n) is 4.20. The number of halogens is 2. The van der Waals surface area contributed by atoms with E-state index in [4.69, 9.17) is 10.2 Å². The number of carboxylic acid groups (broad SMARTS) is 1. The van der Waals surface area contributed by atoms with Crippen LogP contribution < -0.4 is 0 Å². The molecule has 1 atom stereocenters. The number of aliphatic carboxylic acids is 1. The summed E-state index contributed by atoms with van der Waals surface area (Å²) in [6.45, 7) is 1.20. The summed E-state index contributed by atoms with van der Waals surface area (Å²) in [5, 5.41) is 15.8. The molecule has 0 bridgehead atoms. The van der Waals surface area contributed by atoms with Crippen molar-refractivity contribution in [2.75, 3.05) is 0 Å². The number of carbonyl (C=O) groups is 1. The maximum atomic E-state index is 9.45. The third-order valence-electron chi connectivity index (χ3n) is 0.357. The topological polar surface area (TPSA) is 57.5 Å². The minimum atomic E-state index is -1.23. The second-order valence-corrected chi connectivity index (χ2v) is 1.01. The average Bonchev–Trinajstić information content (AvgIpc) is 1.36. The lowest BCUT2D eigenvalue weighted by molar-refractivity contribution is -0.145. The second-order valence-electron chi connectivity index (χ2n) is 1.01. The molecule has 2 N–H and O–H groups in total. The Labute approximate surface area is 63.9 Å². The molecule has 5 heteroatoms. The summed E-state index contributed by atoms with van der Waals surface area (Å²) in [4.78, 5) is 9.45. The Hall–Kier alpha value is 0.200. The van der Waals surface area contributed by atoms with Gasteiger partial charge in [-0.3, -0.25) is 0 Å². The molecule has 8 heavy (non-hydrogen) atoms. The first kappa shape index (κ1) is 15.7. The molecule has 0 fully saturated rings. The first-order valence-corrected chi connectivity index (χ1v) is 1.55. The molecule has 0 aromatic heterocycles. The Balaban J connectivity index is -0.000000125. The summed E-state index contributed by atoms with van der Waals surface area (Å²) >= 11 is 0. The van der Waals surface area contributed by atoms with Gasteiger partial charge in [-0.05, 0) is 6.92 Å². The summed E-state index contributed by atoms with van der Waals surface area (Å²) in [5.41, 5.74) is 0. The van der Waals surface area contributed by atoms with Crippen molar-refractivity contribution >= 4 is 35.4 Å². The van der Waals surface area contributed by atoms with E-state index in [-0.39, 0.29) is 29.4 Å². The Kier molecular flexibility index (Phi) is 14.1. The van der Waals surface area contributed by atoms with Crippen molar-refractivity contribution in [2.45, 2.75) is 13.0 Å². The van der Waals surface area contributed by atoms with E-state index in [1.807, 2.05) is 0 Å². The van der Waals surface area contributed by atoms with Gasteiger partial charge in [-0.25, -0.2) is 4.79 Å². The van der Waals surface area contributed by atoms with Crippen LogP contribution in [0.15, 0.2) is 0 Å². The molecular formula is C3H8BrClO3. The highest BCUT2D eigenvalue weighted by Gasteiger charge is 2.01. The van der Waals surface area contributed by atoms with Gasteiger partial charge in [0.2, 0.25) is 0 Å². The van der Waals surface area contributed by atoms with Gasteiger partial charge in [-0.15, -0.1) is 29.4 Å². The van der Waals surface area contributed by atoms with Crippen LogP contribution in [0.3, 0.4) is 0 Å². The highest BCUT2D eigenvalue weighted by molar-refractivity contribution is 8.93. The van der Waals surface area contributed by atoms with Gasteiger partial charge in [0, 0.05) is 0 Å². The minimum absolute atomic E-state index is 0. The summed E-state index contributed by atoms with van der Waals surface area (Å²) in [5.74, 6) is -1.19. The molecule has 0 aliphatic heterocycles. The minimum Gasteiger partial charge on any atom is -0.479 e. The van der Waals surface area contributed by atoms with Crippen LogP contribution in [0.4, 0.5) is 0 Å². The van der Waals surface area contributed by atoms with E-state index >= 15 is 0 Å². The van der Waals surface area contributed by atoms with E-state index in [9.17, 15) is 4.79 Å². The summed E-state index contributed by atoms with van der Waals surface area (Å²) < 4.78 is 0. The van der Waals surface area contributed by atoms with E-state index in [0.717, 1.165) is 0 Å². The van der Waals surface area contributed by atoms with Crippen LogP contribution in [0.5, 0.6) is 0 Å². The maximum Gasteiger partial charge on any atom is 0.332 e. The zero-order valence-corrected chi connectivity index (χ0v) is 6.73. The molecule has 0 amide bonds. The van der Waals surface area contributed by atoms with Gasteiger partial charge < -0.3 is 10.2 Å². The third-order valence-corrected chi connectivity index (χ3v) is 0.357. The van der Waals surface area contributed by atoms with Gasteiger partial charge in [0.05, 0.1) is 0 Å². The van der Waals surface area contributed by atoms with Gasteiger partial charge in [-0.2, -0.15) is 0 Å². The lowest BCUT2D eigenvalue weighted by atomic mass is 10.4. The van der Waals surface area contributed by atoms with Gasteiger partial charge in [-0.1, -0.05) is 0 Å². The van der Waals surface area contributed by atoms with Crippen LogP contribution in [-0.4, -0.2) is 22.3 Å². The predicted molar refractivity (Wildman–Crippen MR) is 36.9 cm³/mol. The zero-order chi connectivity index (χ0) is 5.15. The lowest BCUT2D eigenvalue weighted by Gasteiger charge is -1.89. The lowest BCUT2D eigenvalue weighted by Crippen LogP contribution is -2.13. The third kappa shape index (κ3) is 9.50. The van der Waals surface area contributed by atoms with Gasteiger partial charge in [0.1, 0.15) is 6.10 Å². The van der Waals surface area contributed by atoms with Crippen molar-refractivity contribution in [1.29, 1.82) is 0 Å². The van der Waals surface area contributed by atoms with Crippen LogP contribution >= 0.6 is 29.4 Å². The molecule has 0 aromatic carbocycles. The van der Waals surface area contributed by atoms with Gasteiger partial charge >= 0.3 is 5.97 Å². The molecule has 0 saturated carbocycles. The SMILES string of the molecule is Br.CC(O)C(=O)O.Cl. The van der Waals surface area contributed by atoms with E-state index in [2.05, 4.69) is 0 Å². The average molecular weight is 207 g/mol. The summed E-state index contributed by atoms with van der Waals surface area (Å²) in [6, 6.07) is 0. The largest absolute Gasteiger partial charge is 0.479 e. The summed E-state index contributed by atoms with van der Waals surface area (Å²) in [6.07, 6.45) is -1.23. The molecule has 0 spiro atoms. The Morgan fingerprint density at radius 3 is 1.75 bits per heavy atom. The predicted octanol–water partition coefficient (Wildman–Crippen LogP) is 0.451. The van der Waals surface area contributed by atoms with Crippen LogP contribution in [-0.2, 0) is 4.79 Å². The van der Waals surface area contributed by atoms with Crippen LogP contribution in [0, 0.1) is 0 Å². The Morgan fingerprint density at radius 1 is 1.62 bits per heavy atom. The molecule has 3 nitrogen and oxygen atoms in total. The first-order chi connectivity index (χ1) is 2.64. The van der Waals surface area contributed by atoms with E-state index in [1.165, 1.54) is 6.92 Å². The molecule has 0 aliphatic carbocycles. The highest BCUT2D eigenvalue weighted by Crippen LogP contribution is 1.73. The normalized spacial score (nSPS) is 10.2. The van der Waals surface area contributed by atoms with Crippen molar-refractivity contribution in [3.63, 3.8) is 0 Å². The van der Waals surface area contributed by atoms with Crippen LogP contribution in [0.2, 0.25) is 0 Å². The van der Waals surface area contributed by atoms with Crippen molar-refractivity contribution in [3.05, 3.63) is 0 Å². The van der Waals surface area contributed by atoms with E-state index < -0.39 is 12.1 Å². The molecule has 0 aliphatic rings. The molecule has 0 radical (unpaired) electrons. The quantitative estimate of drug-likeness (QED) is 0.656. The number of carboxylic acids is 1. The van der Waals surface area contributed by atoms with Crippen molar-refractivity contribution in [1.82, 2.24) is 0 Å². The monoisotopic (exact) mass is 206 g/mol. The van der Waals surface area contributed by atoms with Crippen molar-refractivity contribution in [2.24, 2.45) is 0 Å². The van der Waals surface area contributed by atoms with Crippen molar-refractivity contribution < 1.29 is 15.0 Å². The molecule has 52 valence electrons. The number of aliphatic hydroxyl groups is 1. The fourth-order valence-electron chi connectivity index (χ4n) is 0. The number of hydrogen-bond acceptors (Lipinski definition) is 2. The number of aliphatic hydroxyl groups excluding tert-OH is 1. The number of rotatable bonds is 1. The fourth-order valence-corrected chi connectivity index (χ4v) is 0. The smallest absolute Gasteiger partial charge is 0.332 e. The van der Waals surface area contributed by atoms with Crippen LogP contribution in [0.1, 0.15) is 6.92 Å². The van der Waals surface area contributed by atoms with Crippen molar-refractivity contribution in [3.8, 4) is 0 Å². The maximum absolute atomic E-state index is 9.45. The molecule has 0 saturated heterocycles. The molecule has 1 unspecified atom stereocenters. The van der Waals surface area contributed by atoms with Crippen LogP contribution in [0.25, 0.3) is 0 Å². The fraction of sp³-hybridized carbons (Fsp3) is 0.667. The van der Waals surface area contributed by atoms with Gasteiger partial charge in [0.15, 0.2) is 0 Å². The first-order valence-electron chi connectivity index (χ1n) is 1.55. The van der Waals surface area contributed by atoms with E-state index in [1.54, 1.807) is 0 Å². The molecule has 0 heterocycles. The van der Waals surface area contributed by atoms with E-state index in [0.29, 0.717) is 0 Å². The molecule has 0 rings (SSSR count). The van der Waals surface area contributed by atoms with Gasteiger partial charge in [0.25, 0.3) is 0 Å². The Morgan fingerprint density at radius 2 is 1.75 bits per heavy atom. The second kappa shape index (κ2) is 7.20. The highest BCUT2D eigenvalue weighted by atomic mass is 79.9. The standard InChI is InChI=1S/C3H6O3.BrH.ClH/c1-2(4)3(5)6;;/h2,4H,1H3,(H,5,6);2*1H. The summed E-state index contributed by atoms with van der Waals surface area (Å²) in [7, 11) is 0. The number of hydrogen-bond donors (Lipinski definition) is 2. The molecular weight excluding hydrogens is 199 g/mol.